The summed E-state index contributed by atoms with van der Waals surface area (Å²) in [6, 6.07) is 5.40. The fraction of sp³-hybridized carbons (Fsp3) is 0.429. The van der Waals surface area contributed by atoms with E-state index in [4.69, 9.17) is 9.47 Å². The first-order chi connectivity index (χ1) is 9.78. The first kappa shape index (κ1) is 13.1. The van der Waals surface area contributed by atoms with Crippen LogP contribution in [0, 0.1) is 0 Å². The van der Waals surface area contributed by atoms with Gasteiger partial charge in [-0.05, 0) is 18.2 Å². The third kappa shape index (κ3) is 2.52. The molecule has 0 aliphatic carbocycles. The summed E-state index contributed by atoms with van der Waals surface area (Å²) in [6.07, 6.45) is 0. The van der Waals surface area contributed by atoms with Crippen LogP contribution in [0.15, 0.2) is 18.2 Å². The molecule has 1 N–H and O–H groups in total. The summed E-state index contributed by atoms with van der Waals surface area (Å²) < 4.78 is 10.1. The van der Waals surface area contributed by atoms with E-state index in [9.17, 15) is 4.79 Å². The third-order valence-electron chi connectivity index (χ3n) is 3.54. The Hall–Kier alpha value is -1.92. The van der Waals surface area contributed by atoms with Gasteiger partial charge in [-0.3, -0.25) is 10.00 Å². The summed E-state index contributed by atoms with van der Waals surface area (Å²) in [5, 5.41) is 8.31. The van der Waals surface area contributed by atoms with E-state index in [1.165, 1.54) is 7.11 Å². The molecule has 0 atom stereocenters. The molecule has 2 heterocycles. The van der Waals surface area contributed by atoms with E-state index in [0.29, 0.717) is 5.56 Å². The molecule has 3 rings (SSSR count). The Labute approximate surface area is 116 Å². The number of nitrogens with one attached hydrogen (secondary N) is 1. The van der Waals surface area contributed by atoms with Crippen molar-refractivity contribution in [3.05, 3.63) is 29.5 Å². The molecule has 1 fully saturated rings. The number of carbonyl (C=O) groups is 1. The van der Waals surface area contributed by atoms with Crippen LogP contribution < -0.4 is 0 Å². The number of aromatic amines is 1. The number of rotatable bonds is 3. The lowest BCUT2D eigenvalue weighted by Crippen LogP contribution is -2.35. The van der Waals surface area contributed by atoms with Gasteiger partial charge in [0.2, 0.25) is 0 Å². The zero-order valence-electron chi connectivity index (χ0n) is 11.4. The van der Waals surface area contributed by atoms with Crippen LogP contribution in [0.25, 0.3) is 10.9 Å². The molecule has 2 aromatic rings. The number of hydrogen-bond donors (Lipinski definition) is 1. The predicted octanol–water partition coefficient (Wildman–Crippen LogP) is 1.18. The van der Waals surface area contributed by atoms with Gasteiger partial charge in [-0.1, -0.05) is 0 Å². The molecular weight excluding hydrogens is 258 g/mol. The summed E-state index contributed by atoms with van der Waals surface area (Å²) in [7, 11) is 1.39. The average molecular weight is 275 g/mol. The van der Waals surface area contributed by atoms with E-state index < -0.39 is 0 Å². The second kappa shape index (κ2) is 5.60. The fourth-order valence-electron chi connectivity index (χ4n) is 2.41. The minimum absolute atomic E-state index is 0.328. The van der Waals surface area contributed by atoms with Gasteiger partial charge in [-0.15, -0.1) is 0 Å². The van der Waals surface area contributed by atoms with Gasteiger partial charge < -0.3 is 9.47 Å². The molecule has 0 unspecified atom stereocenters. The second-order valence-electron chi connectivity index (χ2n) is 4.81. The zero-order chi connectivity index (χ0) is 13.9. The quantitative estimate of drug-likeness (QED) is 0.852. The molecule has 20 heavy (non-hydrogen) atoms. The highest BCUT2D eigenvalue weighted by Crippen LogP contribution is 2.20. The van der Waals surface area contributed by atoms with E-state index in [-0.39, 0.29) is 5.97 Å². The standard InChI is InChI=1S/C14H17N3O3/c1-19-14(18)10-2-3-12-11(8-10)13(16-15-12)9-17-4-6-20-7-5-17/h2-3,8H,4-7,9H2,1H3,(H,15,16). The van der Waals surface area contributed by atoms with Gasteiger partial charge in [-0.25, -0.2) is 4.79 Å². The summed E-state index contributed by atoms with van der Waals surface area (Å²) in [4.78, 5) is 13.9. The maximum Gasteiger partial charge on any atom is 0.337 e. The van der Waals surface area contributed by atoms with Crippen molar-refractivity contribution in [2.75, 3.05) is 33.4 Å². The lowest BCUT2D eigenvalue weighted by atomic mass is 10.1. The number of morpholine rings is 1. The molecule has 0 radical (unpaired) electrons. The van der Waals surface area contributed by atoms with Crippen molar-refractivity contribution in [2.45, 2.75) is 6.54 Å². The number of H-pyrrole nitrogens is 1. The number of ether oxygens (including phenoxy) is 2. The molecule has 0 spiro atoms. The molecular formula is C14H17N3O3. The number of benzene rings is 1. The van der Waals surface area contributed by atoms with E-state index >= 15 is 0 Å². The van der Waals surface area contributed by atoms with E-state index in [2.05, 4.69) is 15.1 Å². The Morgan fingerprint density at radius 2 is 2.25 bits per heavy atom. The van der Waals surface area contributed by atoms with Crippen molar-refractivity contribution in [3.63, 3.8) is 0 Å². The van der Waals surface area contributed by atoms with Crippen molar-refractivity contribution in [3.8, 4) is 0 Å². The van der Waals surface area contributed by atoms with Crippen LogP contribution in [-0.4, -0.2) is 54.5 Å². The highest BCUT2D eigenvalue weighted by atomic mass is 16.5. The molecule has 1 aromatic carbocycles. The van der Waals surface area contributed by atoms with E-state index in [1.807, 2.05) is 12.1 Å². The fourth-order valence-corrected chi connectivity index (χ4v) is 2.41. The normalized spacial score (nSPS) is 16.4. The average Bonchev–Trinajstić information content (AvgIpc) is 2.90. The molecule has 1 aromatic heterocycles. The van der Waals surface area contributed by atoms with Crippen LogP contribution in [0.3, 0.4) is 0 Å². The van der Waals surface area contributed by atoms with Gasteiger partial charge in [0.15, 0.2) is 0 Å². The maximum atomic E-state index is 11.6. The SMILES string of the molecule is COC(=O)c1ccc2n[nH]c(CN3CCOCC3)c2c1. The molecule has 0 amide bonds. The number of carbonyl (C=O) groups excluding carboxylic acids is 1. The highest BCUT2D eigenvalue weighted by molar-refractivity contribution is 5.95. The Morgan fingerprint density at radius 1 is 1.45 bits per heavy atom. The van der Waals surface area contributed by atoms with Crippen LogP contribution in [0.5, 0.6) is 0 Å². The molecule has 0 bridgehead atoms. The van der Waals surface area contributed by atoms with E-state index in [0.717, 1.165) is 49.4 Å². The van der Waals surface area contributed by atoms with Crippen LogP contribution in [0.1, 0.15) is 16.1 Å². The van der Waals surface area contributed by atoms with Gasteiger partial charge in [0.25, 0.3) is 0 Å². The smallest absolute Gasteiger partial charge is 0.337 e. The van der Waals surface area contributed by atoms with Crippen LogP contribution in [0.4, 0.5) is 0 Å². The third-order valence-corrected chi connectivity index (χ3v) is 3.54. The predicted molar refractivity (Wildman–Crippen MR) is 73.5 cm³/mol. The van der Waals surface area contributed by atoms with Crippen molar-refractivity contribution in [1.82, 2.24) is 15.1 Å². The molecule has 1 saturated heterocycles. The van der Waals surface area contributed by atoms with Crippen LogP contribution in [0.2, 0.25) is 0 Å². The lowest BCUT2D eigenvalue weighted by molar-refractivity contribution is 0.0338. The molecule has 0 saturated carbocycles. The molecule has 1 aliphatic rings. The summed E-state index contributed by atoms with van der Waals surface area (Å²) >= 11 is 0. The largest absolute Gasteiger partial charge is 0.465 e. The molecule has 6 nitrogen and oxygen atoms in total. The first-order valence-electron chi connectivity index (χ1n) is 6.63. The molecule has 6 heteroatoms. The number of esters is 1. The number of nitrogens with zero attached hydrogens (tertiary/aromatic N) is 2. The summed E-state index contributed by atoms with van der Waals surface area (Å²) in [5.74, 6) is -0.328. The lowest BCUT2D eigenvalue weighted by Gasteiger charge is -2.25. The highest BCUT2D eigenvalue weighted by Gasteiger charge is 2.15. The minimum atomic E-state index is -0.328. The minimum Gasteiger partial charge on any atom is -0.465 e. The maximum absolute atomic E-state index is 11.6. The monoisotopic (exact) mass is 275 g/mol. The first-order valence-corrected chi connectivity index (χ1v) is 6.63. The number of hydrogen-bond acceptors (Lipinski definition) is 5. The van der Waals surface area contributed by atoms with Crippen molar-refractivity contribution in [1.29, 1.82) is 0 Å². The summed E-state index contributed by atoms with van der Waals surface area (Å²) in [5.41, 5.74) is 2.43. The number of methoxy groups -OCH3 is 1. The number of fused-ring (bicyclic) bond motifs is 1. The molecule has 106 valence electrons. The topological polar surface area (TPSA) is 67.5 Å². The Bertz CT molecular complexity index is 617. The van der Waals surface area contributed by atoms with Gasteiger partial charge in [-0.2, -0.15) is 5.10 Å². The van der Waals surface area contributed by atoms with Crippen LogP contribution in [-0.2, 0) is 16.0 Å². The van der Waals surface area contributed by atoms with Crippen molar-refractivity contribution < 1.29 is 14.3 Å². The van der Waals surface area contributed by atoms with Gasteiger partial charge >= 0.3 is 5.97 Å². The molecule has 1 aliphatic heterocycles. The van der Waals surface area contributed by atoms with Crippen molar-refractivity contribution in [2.24, 2.45) is 0 Å². The van der Waals surface area contributed by atoms with Gasteiger partial charge in [0, 0.05) is 25.0 Å². The summed E-state index contributed by atoms with van der Waals surface area (Å²) in [6.45, 7) is 4.14. The Morgan fingerprint density at radius 3 is 3.00 bits per heavy atom. The van der Waals surface area contributed by atoms with E-state index in [1.54, 1.807) is 6.07 Å². The zero-order valence-corrected chi connectivity index (χ0v) is 11.4. The van der Waals surface area contributed by atoms with Gasteiger partial charge in [0.1, 0.15) is 0 Å². The number of aromatic nitrogens is 2. The van der Waals surface area contributed by atoms with Crippen LogP contribution >= 0.6 is 0 Å². The van der Waals surface area contributed by atoms with Crippen molar-refractivity contribution >= 4 is 16.9 Å². The Balaban J connectivity index is 1.88. The van der Waals surface area contributed by atoms with Gasteiger partial charge in [0.05, 0.1) is 37.1 Å². The Kier molecular flexibility index (Phi) is 3.66. The second-order valence-corrected chi connectivity index (χ2v) is 4.81.